The molecule has 0 saturated heterocycles. The van der Waals surface area contributed by atoms with Crippen LogP contribution in [0.25, 0.3) is 5.82 Å². The zero-order chi connectivity index (χ0) is 12.5. The Balaban J connectivity index is 2.33. The summed E-state index contributed by atoms with van der Waals surface area (Å²) in [5.41, 5.74) is -1.10. The molecule has 0 aliphatic rings. The van der Waals surface area contributed by atoms with Crippen molar-refractivity contribution >= 4 is 0 Å². The summed E-state index contributed by atoms with van der Waals surface area (Å²) in [5.74, 6) is -0.0568. The predicted molar refractivity (Wildman–Crippen MR) is 46.7 cm³/mol. The molecule has 0 aliphatic carbocycles. The Morgan fingerprint density at radius 3 is 2.47 bits per heavy atom. The lowest BCUT2D eigenvalue weighted by molar-refractivity contribution is -0.141. The molecule has 0 aromatic carbocycles. The highest BCUT2D eigenvalue weighted by atomic mass is 19.4. The first-order valence-electron chi connectivity index (χ1n) is 4.24. The zero-order valence-electron chi connectivity index (χ0n) is 8.05. The molecule has 2 rings (SSSR count). The molecule has 86 valence electrons. The summed E-state index contributed by atoms with van der Waals surface area (Å²) in [6.07, 6.45) is -3.37. The molecule has 2 heterocycles. The third-order valence-corrected chi connectivity index (χ3v) is 1.77. The van der Waals surface area contributed by atoms with Crippen molar-refractivity contribution in [3.63, 3.8) is 0 Å². The third kappa shape index (κ3) is 2.20. The Morgan fingerprint density at radius 1 is 1.24 bits per heavy atom. The molecule has 17 heavy (non-hydrogen) atoms. The molecular formula is C8H3F3N6. The van der Waals surface area contributed by atoms with E-state index in [0.29, 0.717) is 0 Å². The fourth-order valence-corrected chi connectivity index (χ4v) is 1.02. The highest BCUT2D eigenvalue weighted by Crippen LogP contribution is 2.26. The number of alkyl halides is 3. The molecule has 0 radical (unpaired) electrons. The van der Waals surface area contributed by atoms with Gasteiger partial charge >= 0.3 is 6.18 Å². The molecule has 0 unspecified atom stereocenters. The molecule has 0 saturated carbocycles. The maximum absolute atomic E-state index is 12.2. The quantitative estimate of drug-likeness (QED) is 0.741. The predicted octanol–water partition coefficient (Wildman–Crippen LogP) is 0.948. The standard InChI is InChI=1S/C8H3F3N6/c9-8(10,11)5-1-2-7(15-14-5)17-4-13-6(3-12)16-17/h1-2,4H. The minimum absolute atomic E-state index is 0.0481. The molecule has 2 aromatic heterocycles. The summed E-state index contributed by atoms with van der Waals surface area (Å²) < 4.78 is 37.7. The van der Waals surface area contributed by atoms with Gasteiger partial charge in [0.25, 0.3) is 5.82 Å². The first-order valence-corrected chi connectivity index (χ1v) is 4.24. The SMILES string of the molecule is N#Cc1ncn(-c2ccc(C(F)(F)F)nn2)n1. The summed E-state index contributed by atoms with van der Waals surface area (Å²) in [5, 5.41) is 18.5. The monoisotopic (exact) mass is 240 g/mol. The number of hydrogen-bond acceptors (Lipinski definition) is 5. The van der Waals surface area contributed by atoms with E-state index < -0.39 is 11.9 Å². The van der Waals surface area contributed by atoms with Gasteiger partial charge in [-0.3, -0.25) is 0 Å². The van der Waals surface area contributed by atoms with E-state index >= 15 is 0 Å². The van der Waals surface area contributed by atoms with E-state index in [4.69, 9.17) is 5.26 Å². The van der Waals surface area contributed by atoms with Gasteiger partial charge in [-0.25, -0.2) is 4.98 Å². The van der Waals surface area contributed by atoms with Crippen LogP contribution in [0.15, 0.2) is 18.5 Å². The van der Waals surface area contributed by atoms with E-state index in [2.05, 4.69) is 20.3 Å². The van der Waals surface area contributed by atoms with E-state index in [-0.39, 0.29) is 11.6 Å². The summed E-state index contributed by atoms with van der Waals surface area (Å²) in [4.78, 5) is 3.58. The first-order chi connectivity index (χ1) is 8.00. The Hall–Kier alpha value is -2.50. The zero-order valence-corrected chi connectivity index (χ0v) is 8.05. The average molecular weight is 240 g/mol. The van der Waals surface area contributed by atoms with Crippen LogP contribution in [-0.4, -0.2) is 25.0 Å². The van der Waals surface area contributed by atoms with E-state index in [0.717, 1.165) is 23.1 Å². The van der Waals surface area contributed by atoms with Gasteiger partial charge in [0.2, 0.25) is 0 Å². The summed E-state index contributed by atoms with van der Waals surface area (Å²) in [7, 11) is 0. The topological polar surface area (TPSA) is 80.3 Å². The fraction of sp³-hybridized carbons (Fsp3) is 0.125. The van der Waals surface area contributed by atoms with Gasteiger partial charge in [0, 0.05) is 0 Å². The van der Waals surface area contributed by atoms with Crippen molar-refractivity contribution in [2.45, 2.75) is 6.18 Å². The molecule has 0 amide bonds. The summed E-state index contributed by atoms with van der Waals surface area (Å²) in [6, 6.07) is 3.54. The largest absolute Gasteiger partial charge is 0.435 e. The van der Waals surface area contributed by atoms with Gasteiger partial charge < -0.3 is 0 Å². The Morgan fingerprint density at radius 2 is 2.00 bits per heavy atom. The van der Waals surface area contributed by atoms with E-state index in [1.807, 2.05) is 0 Å². The molecule has 0 spiro atoms. The van der Waals surface area contributed by atoms with Crippen LogP contribution in [0.2, 0.25) is 0 Å². The van der Waals surface area contributed by atoms with Crippen molar-refractivity contribution in [1.82, 2.24) is 25.0 Å². The van der Waals surface area contributed by atoms with E-state index in [1.54, 1.807) is 6.07 Å². The molecule has 0 aliphatic heterocycles. The molecular weight excluding hydrogens is 237 g/mol. The van der Waals surface area contributed by atoms with Crippen molar-refractivity contribution in [2.75, 3.05) is 0 Å². The van der Waals surface area contributed by atoms with Gasteiger partial charge in [-0.2, -0.15) is 23.1 Å². The molecule has 0 bridgehead atoms. The van der Waals surface area contributed by atoms with E-state index in [9.17, 15) is 13.2 Å². The average Bonchev–Trinajstić information content (AvgIpc) is 2.76. The van der Waals surface area contributed by atoms with Gasteiger partial charge in [0.15, 0.2) is 11.5 Å². The second kappa shape index (κ2) is 3.82. The lowest BCUT2D eigenvalue weighted by Crippen LogP contribution is -2.10. The van der Waals surface area contributed by atoms with Crippen molar-refractivity contribution in [3.8, 4) is 11.9 Å². The Bertz CT molecular complexity index is 564. The van der Waals surface area contributed by atoms with Crippen LogP contribution in [0.3, 0.4) is 0 Å². The molecule has 9 heteroatoms. The lowest BCUT2D eigenvalue weighted by atomic mass is 10.4. The lowest BCUT2D eigenvalue weighted by Gasteiger charge is -2.04. The van der Waals surface area contributed by atoms with Gasteiger partial charge in [0.1, 0.15) is 12.4 Å². The van der Waals surface area contributed by atoms with Crippen LogP contribution < -0.4 is 0 Å². The number of rotatable bonds is 1. The maximum atomic E-state index is 12.2. The number of aromatic nitrogens is 5. The van der Waals surface area contributed by atoms with Crippen molar-refractivity contribution in [1.29, 1.82) is 5.26 Å². The third-order valence-electron chi connectivity index (χ3n) is 1.77. The van der Waals surface area contributed by atoms with Crippen molar-refractivity contribution in [2.24, 2.45) is 0 Å². The number of halogens is 3. The van der Waals surface area contributed by atoms with Crippen LogP contribution in [0.5, 0.6) is 0 Å². The second-order valence-corrected chi connectivity index (χ2v) is 2.90. The van der Waals surface area contributed by atoms with Gasteiger partial charge in [-0.05, 0) is 12.1 Å². The van der Waals surface area contributed by atoms with Crippen LogP contribution in [0.4, 0.5) is 13.2 Å². The molecule has 0 atom stereocenters. The number of nitrogens with zero attached hydrogens (tertiary/aromatic N) is 6. The highest BCUT2D eigenvalue weighted by Gasteiger charge is 2.32. The summed E-state index contributed by atoms with van der Waals surface area (Å²) >= 11 is 0. The second-order valence-electron chi connectivity index (χ2n) is 2.90. The Kier molecular flexibility index (Phi) is 2.47. The van der Waals surface area contributed by atoms with Crippen molar-refractivity contribution < 1.29 is 13.2 Å². The van der Waals surface area contributed by atoms with Gasteiger partial charge in [-0.15, -0.1) is 15.3 Å². The van der Waals surface area contributed by atoms with Crippen LogP contribution in [0.1, 0.15) is 11.5 Å². The minimum atomic E-state index is -4.54. The van der Waals surface area contributed by atoms with Crippen LogP contribution in [-0.2, 0) is 6.18 Å². The van der Waals surface area contributed by atoms with Gasteiger partial charge in [0.05, 0.1) is 0 Å². The van der Waals surface area contributed by atoms with Crippen LogP contribution >= 0.6 is 0 Å². The highest BCUT2D eigenvalue weighted by molar-refractivity contribution is 5.21. The maximum Gasteiger partial charge on any atom is 0.435 e. The number of nitriles is 1. The molecule has 0 fully saturated rings. The minimum Gasteiger partial charge on any atom is -0.206 e. The van der Waals surface area contributed by atoms with Crippen LogP contribution in [0, 0.1) is 11.3 Å². The van der Waals surface area contributed by atoms with E-state index in [1.165, 1.54) is 0 Å². The first kappa shape index (κ1) is 11.0. The molecule has 2 aromatic rings. The molecule has 0 N–H and O–H groups in total. The smallest absolute Gasteiger partial charge is 0.206 e. The number of hydrogen-bond donors (Lipinski definition) is 0. The Labute approximate surface area is 92.3 Å². The summed E-state index contributed by atoms with van der Waals surface area (Å²) in [6.45, 7) is 0. The molecule has 6 nitrogen and oxygen atoms in total. The fourth-order valence-electron chi connectivity index (χ4n) is 1.02. The van der Waals surface area contributed by atoms with Gasteiger partial charge in [-0.1, -0.05) is 0 Å². The normalized spacial score (nSPS) is 11.2. The van der Waals surface area contributed by atoms with Crippen molar-refractivity contribution in [3.05, 3.63) is 30.0 Å².